The van der Waals surface area contributed by atoms with Crippen molar-refractivity contribution in [3.63, 3.8) is 0 Å². The van der Waals surface area contributed by atoms with Crippen molar-refractivity contribution in [2.75, 3.05) is 36.3 Å². The number of carbonyl (C=O) groups excluding carboxylic acids is 2. The largest absolute Gasteiger partial charge is 0.461 e. The molecular weight excluding hydrogens is 474 g/mol. The quantitative estimate of drug-likeness (QED) is 0.380. The number of nitrogens with one attached hydrogen (secondary N) is 2. The molecule has 2 N–H and O–H groups in total. The van der Waals surface area contributed by atoms with Crippen LogP contribution in [0.25, 0.3) is 0 Å². The van der Waals surface area contributed by atoms with E-state index in [1.165, 1.54) is 18.2 Å². The third-order valence-electron chi connectivity index (χ3n) is 5.08. The van der Waals surface area contributed by atoms with Crippen molar-refractivity contribution in [3.8, 4) is 0 Å². The van der Waals surface area contributed by atoms with Crippen LogP contribution in [0.3, 0.4) is 0 Å². The monoisotopic (exact) mass is 501 g/mol. The maximum atomic E-state index is 12.8. The number of ether oxygens (including phenoxy) is 1. The Morgan fingerprint density at radius 2 is 1.65 bits per heavy atom. The summed E-state index contributed by atoms with van der Waals surface area (Å²) >= 11 is 1.12. The molecule has 0 saturated heterocycles. The summed E-state index contributed by atoms with van der Waals surface area (Å²) in [4.78, 5) is 27.5. The van der Waals surface area contributed by atoms with Crippen molar-refractivity contribution in [2.45, 2.75) is 18.7 Å². The highest BCUT2D eigenvalue weighted by Gasteiger charge is 2.20. The Morgan fingerprint density at radius 3 is 2.29 bits per heavy atom. The lowest BCUT2D eigenvalue weighted by Crippen LogP contribution is -2.27. The molecule has 0 aliphatic rings. The summed E-state index contributed by atoms with van der Waals surface area (Å²) in [5.74, 6) is -0.892. The predicted octanol–water partition coefficient (Wildman–Crippen LogP) is 4.30. The van der Waals surface area contributed by atoms with Crippen LogP contribution < -0.4 is 10.0 Å². The first kappa shape index (κ1) is 25.4. The Hall–Kier alpha value is -3.21. The number of benzene rings is 2. The van der Waals surface area contributed by atoms with Gasteiger partial charge < -0.3 is 15.0 Å². The van der Waals surface area contributed by atoms with E-state index in [2.05, 4.69) is 28.8 Å². The van der Waals surface area contributed by atoms with Crippen molar-refractivity contribution in [1.29, 1.82) is 0 Å². The van der Waals surface area contributed by atoms with Crippen LogP contribution in [0.4, 0.5) is 11.4 Å². The van der Waals surface area contributed by atoms with Gasteiger partial charge in [0.2, 0.25) is 0 Å². The zero-order valence-corrected chi connectivity index (χ0v) is 20.6. The molecular formula is C24H27N3O5S2. The summed E-state index contributed by atoms with van der Waals surface area (Å²) in [5, 5.41) is 4.36. The van der Waals surface area contributed by atoms with Gasteiger partial charge in [0.1, 0.15) is 11.5 Å². The van der Waals surface area contributed by atoms with Crippen molar-refractivity contribution < 1.29 is 22.7 Å². The third kappa shape index (κ3) is 6.66. The van der Waals surface area contributed by atoms with Gasteiger partial charge in [-0.15, -0.1) is 11.3 Å². The Balaban J connectivity index is 1.61. The average molecular weight is 502 g/mol. The van der Waals surface area contributed by atoms with Crippen molar-refractivity contribution in [1.82, 2.24) is 4.90 Å². The van der Waals surface area contributed by atoms with Gasteiger partial charge in [-0.25, -0.2) is 13.2 Å². The van der Waals surface area contributed by atoms with Crippen molar-refractivity contribution in [2.24, 2.45) is 0 Å². The number of thiophene rings is 1. The number of rotatable bonds is 11. The van der Waals surface area contributed by atoms with E-state index in [1.54, 1.807) is 47.8 Å². The molecule has 0 saturated carbocycles. The minimum absolute atomic E-state index is 0.104. The van der Waals surface area contributed by atoms with Crippen LogP contribution in [0.5, 0.6) is 0 Å². The predicted molar refractivity (Wildman–Crippen MR) is 134 cm³/mol. The molecule has 1 amide bonds. The van der Waals surface area contributed by atoms with Gasteiger partial charge in [0, 0.05) is 12.2 Å². The van der Waals surface area contributed by atoms with E-state index >= 15 is 0 Å². The number of nitrogens with zero attached hydrogens (tertiary/aromatic N) is 1. The average Bonchev–Trinajstić information content (AvgIpc) is 3.30. The molecule has 2 aromatic carbocycles. The molecule has 1 heterocycles. The van der Waals surface area contributed by atoms with Gasteiger partial charge in [-0.3, -0.25) is 9.52 Å². The minimum atomic E-state index is -3.82. The summed E-state index contributed by atoms with van der Waals surface area (Å²) in [6, 6.07) is 15.8. The van der Waals surface area contributed by atoms with Crippen LogP contribution in [-0.2, 0) is 14.8 Å². The van der Waals surface area contributed by atoms with Crippen molar-refractivity contribution in [3.05, 3.63) is 76.5 Å². The number of anilines is 2. The molecule has 0 atom stereocenters. The summed E-state index contributed by atoms with van der Waals surface area (Å²) < 4.78 is 33.0. The van der Waals surface area contributed by atoms with E-state index in [0.717, 1.165) is 24.4 Å². The van der Waals surface area contributed by atoms with Crippen LogP contribution in [0.2, 0.25) is 0 Å². The number of sulfonamides is 1. The van der Waals surface area contributed by atoms with E-state index in [-0.39, 0.29) is 15.5 Å². The van der Waals surface area contributed by atoms with Gasteiger partial charge in [0.05, 0.1) is 16.1 Å². The highest BCUT2D eigenvalue weighted by atomic mass is 32.2. The summed E-state index contributed by atoms with van der Waals surface area (Å²) in [5.41, 5.74) is 1.04. The van der Waals surface area contributed by atoms with Gasteiger partial charge in [-0.2, -0.15) is 0 Å². The fourth-order valence-electron chi connectivity index (χ4n) is 3.14. The lowest BCUT2D eigenvalue weighted by atomic mass is 10.2. The second-order valence-corrected chi connectivity index (χ2v) is 9.87. The molecule has 0 spiro atoms. The van der Waals surface area contributed by atoms with E-state index in [1.807, 2.05) is 0 Å². The first-order valence-electron chi connectivity index (χ1n) is 10.8. The molecule has 34 heavy (non-hydrogen) atoms. The van der Waals surface area contributed by atoms with Crippen LogP contribution >= 0.6 is 11.3 Å². The van der Waals surface area contributed by atoms with E-state index in [0.29, 0.717) is 24.4 Å². The first-order chi connectivity index (χ1) is 16.3. The molecule has 10 heteroatoms. The molecule has 3 rings (SSSR count). The zero-order chi connectivity index (χ0) is 24.6. The number of esters is 1. The fraction of sp³-hybridized carbons (Fsp3) is 0.250. The SMILES string of the molecule is CCN(CC)CCOC(=O)c1ccc(NC(=O)c2sccc2NS(=O)(=O)c2ccccc2)cc1. The normalized spacial score (nSPS) is 11.3. The van der Waals surface area contributed by atoms with Gasteiger partial charge in [0.15, 0.2) is 0 Å². The number of hydrogen-bond donors (Lipinski definition) is 2. The van der Waals surface area contributed by atoms with Crippen LogP contribution in [0, 0.1) is 0 Å². The van der Waals surface area contributed by atoms with Gasteiger partial charge in [0.25, 0.3) is 15.9 Å². The lowest BCUT2D eigenvalue weighted by Gasteiger charge is -2.17. The Bertz CT molecular complexity index is 1200. The molecule has 0 aliphatic heterocycles. The fourth-order valence-corrected chi connectivity index (χ4v) is 5.04. The van der Waals surface area contributed by atoms with E-state index in [9.17, 15) is 18.0 Å². The number of likely N-dealkylation sites (N-methyl/N-ethyl adjacent to an activating group) is 1. The van der Waals surface area contributed by atoms with Gasteiger partial charge in [-0.1, -0.05) is 32.0 Å². The highest BCUT2D eigenvalue weighted by Crippen LogP contribution is 2.26. The van der Waals surface area contributed by atoms with Gasteiger partial charge >= 0.3 is 5.97 Å². The number of hydrogen-bond acceptors (Lipinski definition) is 7. The first-order valence-corrected chi connectivity index (χ1v) is 13.2. The van der Waals surface area contributed by atoms with Crippen LogP contribution in [0.15, 0.2) is 70.9 Å². The summed E-state index contributed by atoms with van der Waals surface area (Å²) in [6.07, 6.45) is 0. The summed E-state index contributed by atoms with van der Waals surface area (Å²) in [7, 11) is -3.82. The van der Waals surface area contributed by atoms with Crippen LogP contribution in [-0.4, -0.2) is 51.4 Å². The molecule has 0 aliphatic carbocycles. The molecule has 3 aromatic rings. The van der Waals surface area contributed by atoms with Gasteiger partial charge in [-0.05, 0) is 60.9 Å². The molecule has 1 aromatic heterocycles. The molecule has 0 unspecified atom stereocenters. The number of amides is 1. The Morgan fingerprint density at radius 1 is 0.971 bits per heavy atom. The number of carbonyl (C=O) groups is 2. The molecule has 0 bridgehead atoms. The van der Waals surface area contributed by atoms with E-state index < -0.39 is 21.9 Å². The maximum Gasteiger partial charge on any atom is 0.338 e. The minimum Gasteiger partial charge on any atom is -0.461 e. The summed E-state index contributed by atoms with van der Waals surface area (Å²) in [6.45, 7) is 6.86. The zero-order valence-electron chi connectivity index (χ0n) is 19.0. The second-order valence-electron chi connectivity index (χ2n) is 7.28. The van der Waals surface area contributed by atoms with Crippen LogP contribution in [0.1, 0.15) is 33.9 Å². The van der Waals surface area contributed by atoms with Crippen molar-refractivity contribution >= 4 is 44.6 Å². The molecule has 8 nitrogen and oxygen atoms in total. The highest BCUT2D eigenvalue weighted by molar-refractivity contribution is 7.92. The third-order valence-corrected chi connectivity index (χ3v) is 7.38. The maximum absolute atomic E-state index is 12.8. The Kier molecular flexibility index (Phi) is 8.80. The molecule has 180 valence electrons. The topological polar surface area (TPSA) is 105 Å². The Labute approximate surface area is 203 Å². The van der Waals surface area contributed by atoms with E-state index in [4.69, 9.17) is 4.74 Å². The molecule has 0 fully saturated rings. The molecule has 0 radical (unpaired) electrons. The standard InChI is InChI=1S/C24H27N3O5S2/c1-3-27(4-2)15-16-32-24(29)18-10-12-19(13-11-18)25-23(28)22-21(14-17-33-22)26-34(30,31)20-8-6-5-7-9-20/h5-14,17,26H,3-4,15-16H2,1-2H3,(H,25,28). The smallest absolute Gasteiger partial charge is 0.338 e. The second kappa shape index (κ2) is 11.8. The lowest BCUT2D eigenvalue weighted by molar-refractivity contribution is 0.0466.